The van der Waals surface area contributed by atoms with Gasteiger partial charge in [-0.2, -0.15) is 5.26 Å². The van der Waals surface area contributed by atoms with Crippen LogP contribution in [0.1, 0.15) is 16.8 Å². The summed E-state index contributed by atoms with van der Waals surface area (Å²) in [7, 11) is 3.98. The second-order valence-corrected chi connectivity index (χ2v) is 5.21. The first-order chi connectivity index (χ1) is 10.2. The van der Waals surface area contributed by atoms with E-state index in [4.69, 9.17) is 5.26 Å². The van der Waals surface area contributed by atoms with E-state index in [9.17, 15) is 0 Å². The molecule has 2 aromatic heterocycles. The van der Waals surface area contributed by atoms with Crippen LogP contribution in [-0.4, -0.2) is 35.6 Å². The van der Waals surface area contributed by atoms with Gasteiger partial charge in [-0.05, 0) is 12.1 Å². The molecule has 0 aromatic carbocycles. The zero-order chi connectivity index (χ0) is 14.8. The van der Waals surface area contributed by atoms with Crippen LogP contribution in [0.2, 0.25) is 0 Å². The van der Waals surface area contributed by atoms with E-state index in [1.165, 1.54) is 0 Å². The van der Waals surface area contributed by atoms with Crippen LogP contribution in [0.5, 0.6) is 0 Å². The summed E-state index contributed by atoms with van der Waals surface area (Å²) in [5.41, 5.74) is 2.84. The maximum absolute atomic E-state index is 8.84. The van der Waals surface area contributed by atoms with Crippen molar-refractivity contribution in [1.29, 1.82) is 5.26 Å². The lowest BCUT2D eigenvalue weighted by molar-refractivity contribution is 0.694. The number of nitriles is 1. The second kappa shape index (κ2) is 5.37. The normalized spacial score (nSPS) is 13.5. The van der Waals surface area contributed by atoms with E-state index in [0.717, 1.165) is 42.4 Å². The minimum absolute atomic E-state index is 0.577. The Bertz CT molecular complexity index is 686. The van der Waals surface area contributed by atoms with Crippen molar-refractivity contribution in [3.8, 4) is 6.07 Å². The molecule has 0 saturated heterocycles. The molecule has 6 heteroatoms. The molecule has 1 aliphatic heterocycles. The Kier molecular flexibility index (Phi) is 3.40. The molecule has 6 nitrogen and oxygen atoms in total. The molecule has 0 unspecified atom stereocenters. The van der Waals surface area contributed by atoms with Crippen LogP contribution < -0.4 is 9.80 Å². The Hall–Kier alpha value is -2.68. The van der Waals surface area contributed by atoms with Gasteiger partial charge in [0, 0.05) is 45.4 Å². The van der Waals surface area contributed by atoms with Crippen molar-refractivity contribution in [2.45, 2.75) is 13.0 Å². The summed E-state index contributed by atoms with van der Waals surface area (Å²) >= 11 is 0. The lowest BCUT2D eigenvalue weighted by Crippen LogP contribution is -2.33. The maximum atomic E-state index is 8.84. The zero-order valence-electron chi connectivity index (χ0n) is 12.1. The second-order valence-electron chi connectivity index (χ2n) is 5.21. The van der Waals surface area contributed by atoms with Crippen molar-refractivity contribution in [1.82, 2.24) is 15.0 Å². The fourth-order valence-electron chi connectivity index (χ4n) is 2.55. The van der Waals surface area contributed by atoms with Gasteiger partial charge in [-0.1, -0.05) is 0 Å². The van der Waals surface area contributed by atoms with Crippen LogP contribution in [0, 0.1) is 11.3 Å². The summed E-state index contributed by atoms with van der Waals surface area (Å²) in [6.45, 7) is 1.61. The quantitative estimate of drug-likeness (QED) is 0.827. The van der Waals surface area contributed by atoms with Crippen LogP contribution in [0.15, 0.2) is 24.7 Å². The number of fused-ring (bicyclic) bond motifs is 1. The van der Waals surface area contributed by atoms with Gasteiger partial charge in [0.25, 0.3) is 0 Å². The smallest absolute Gasteiger partial charge is 0.136 e. The fraction of sp³-hybridized carbons (Fsp3) is 0.333. The first-order valence-corrected chi connectivity index (χ1v) is 6.80. The standard InChI is InChI=1S/C15H16N6/c1-20(2)15-12-9-21(6-5-13(12)18-10-19-15)14-4-3-11(7-16)8-17-14/h3-4,8,10H,5-6,9H2,1-2H3. The SMILES string of the molecule is CN(C)c1ncnc2c1CN(c1ccc(C#N)cn1)CC2. The highest BCUT2D eigenvalue weighted by atomic mass is 15.2. The topological polar surface area (TPSA) is 68.9 Å². The molecule has 0 bridgehead atoms. The number of pyridine rings is 1. The molecular weight excluding hydrogens is 264 g/mol. The zero-order valence-corrected chi connectivity index (χ0v) is 12.1. The third kappa shape index (κ3) is 2.50. The Morgan fingerprint density at radius 2 is 2.10 bits per heavy atom. The van der Waals surface area contributed by atoms with Crippen LogP contribution in [0.4, 0.5) is 11.6 Å². The first kappa shape index (κ1) is 13.3. The van der Waals surface area contributed by atoms with Gasteiger partial charge in [-0.15, -0.1) is 0 Å². The molecule has 2 aromatic rings. The predicted octanol–water partition coefficient (Wildman–Crippen LogP) is 1.37. The molecule has 0 saturated carbocycles. The molecule has 106 valence electrons. The summed E-state index contributed by atoms with van der Waals surface area (Å²) in [5.74, 6) is 1.84. The summed E-state index contributed by atoms with van der Waals surface area (Å²) in [6.07, 6.45) is 4.11. The van der Waals surface area contributed by atoms with E-state index >= 15 is 0 Å². The van der Waals surface area contributed by atoms with Crippen molar-refractivity contribution in [2.75, 3.05) is 30.4 Å². The Morgan fingerprint density at radius 3 is 2.76 bits per heavy atom. The summed E-state index contributed by atoms with van der Waals surface area (Å²) in [6, 6.07) is 5.78. The molecule has 0 atom stereocenters. The van der Waals surface area contributed by atoms with Crippen molar-refractivity contribution in [3.05, 3.63) is 41.5 Å². The number of nitrogens with zero attached hydrogens (tertiary/aromatic N) is 6. The highest BCUT2D eigenvalue weighted by Gasteiger charge is 2.22. The molecule has 0 radical (unpaired) electrons. The first-order valence-electron chi connectivity index (χ1n) is 6.80. The molecule has 0 amide bonds. The number of hydrogen-bond donors (Lipinski definition) is 0. The molecule has 0 N–H and O–H groups in total. The number of anilines is 2. The van der Waals surface area contributed by atoms with Crippen LogP contribution in [0.25, 0.3) is 0 Å². The third-order valence-electron chi connectivity index (χ3n) is 3.60. The fourth-order valence-corrected chi connectivity index (χ4v) is 2.55. The van der Waals surface area contributed by atoms with E-state index in [-0.39, 0.29) is 0 Å². The molecule has 0 fully saturated rings. The van der Waals surface area contributed by atoms with Crippen molar-refractivity contribution < 1.29 is 0 Å². The van der Waals surface area contributed by atoms with Crippen LogP contribution >= 0.6 is 0 Å². The molecule has 0 spiro atoms. The molecule has 21 heavy (non-hydrogen) atoms. The molecule has 3 rings (SSSR count). The van der Waals surface area contributed by atoms with Crippen molar-refractivity contribution in [3.63, 3.8) is 0 Å². The lowest BCUT2D eigenvalue weighted by atomic mass is 10.1. The monoisotopic (exact) mass is 280 g/mol. The van der Waals surface area contributed by atoms with Crippen molar-refractivity contribution in [2.24, 2.45) is 0 Å². The van der Waals surface area contributed by atoms with Gasteiger partial charge >= 0.3 is 0 Å². The van der Waals surface area contributed by atoms with Gasteiger partial charge in [0.2, 0.25) is 0 Å². The van der Waals surface area contributed by atoms with Gasteiger partial charge in [-0.3, -0.25) is 0 Å². The Morgan fingerprint density at radius 1 is 1.24 bits per heavy atom. The maximum Gasteiger partial charge on any atom is 0.136 e. The summed E-state index contributed by atoms with van der Waals surface area (Å²) in [4.78, 5) is 17.3. The van der Waals surface area contributed by atoms with E-state index in [1.54, 1.807) is 18.6 Å². The average Bonchev–Trinajstić information content (AvgIpc) is 2.53. The van der Waals surface area contributed by atoms with E-state index in [1.807, 2.05) is 25.1 Å². The third-order valence-corrected chi connectivity index (χ3v) is 3.60. The average molecular weight is 280 g/mol. The largest absolute Gasteiger partial charge is 0.362 e. The minimum Gasteiger partial charge on any atom is -0.362 e. The van der Waals surface area contributed by atoms with E-state index in [2.05, 4.69) is 25.9 Å². The van der Waals surface area contributed by atoms with Crippen LogP contribution in [-0.2, 0) is 13.0 Å². The van der Waals surface area contributed by atoms with Crippen LogP contribution in [0.3, 0.4) is 0 Å². The van der Waals surface area contributed by atoms with E-state index in [0.29, 0.717) is 5.56 Å². The highest BCUT2D eigenvalue weighted by molar-refractivity contribution is 5.53. The minimum atomic E-state index is 0.577. The molecule has 0 aliphatic carbocycles. The van der Waals surface area contributed by atoms with Crippen molar-refractivity contribution >= 4 is 11.6 Å². The van der Waals surface area contributed by atoms with Gasteiger partial charge in [-0.25, -0.2) is 15.0 Å². The van der Waals surface area contributed by atoms with E-state index < -0.39 is 0 Å². The number of aromatic nitrogens is 3. The van der Waals surface area contributed by atoms with Gasteiger partial charge in [0.05, 0.1) is 11.3 Å². The number of rotatable bonds is 2. The summed E-state index contributed by atoms with van der Waals surface area (Å²) < 4.78 is 0. The Labute approximate surface area is 123 Å². The number of hydrogen-bond acceptors (Lipinski definition) is 6. The summed E-state index contributed by atoms with van der Waals surface area (Å²) in [5, 5.41) is 8.84. The molecular formula is C15H16N6. The molecule has 1 aliphatic rings. The predicted molar refractivity (Wildman–Crippen MR) is 80.1 cm³/mol. The lowest BCUT2D eigenvalue weighted by Gasteiger charge is -2.31. The van der Waals surface area contributed by atoms with Gasteiger partial charge in [0.1, 0.15) is 24.0 Å². The van der Waals surface area contributed by atoms with Gasteiger partial charge in [0.15, 0.2) is 0 Å². The Balaban J connectivity index is 1.91. The highest BCUT2D eigenvalue weighted by Crippen LogP contribution is 2.27. The van der Waals surface area contributed by atoms with Gasteiger partial charge < -0.3 is 9.80 Å². The molecule has 3 heterocycles.